The predicted molar refractivity (Wildman–Crippen MR) is 108 cm³/mol. The zero-order valence-electron chi connectivity index (χ0n) is 15.9. The van der Waals surface area contributed by atoms with Gasteiger partial charge in [-0.05, 0) is 101 Å². The summed E-state index contributed by atoms with van der Waals surface area (Å²) in [6, 6.07) is 0. The van der Waals surface area contributed by atoms with Gasteiger partial charge in [-0.1, -0.05) is 0 Å². The maximum atomic E-state index is 4.94. The molecular weight excluding hydrogens is 441 g/mol. The fraction of sp³-hybridized carbons (Fsp3) is 0.211. The fourth-order valence-corrected chi connectivity index (χ4v) is 0.440. The van der Waals surface area contributed by atoms with Crippen LogP contribution in [0.2, 0.25) is 0 Å². The van der Waals surface area contributed by atoms with Gasteiger partial charge in [0.15, 0.2) is 0 Å². The van der Waals surface area contributed by atoms with Gasteiger partial charge in [-0.15, -0.1) is 0 Å². The predicted octanol–water partition coefficient (Wildman–Crippen LogP) is 3.57. The second-order valence-corrected chi connectivity index (χ2v) is 2.67. The van der Waals surface area contributed by atoms with E-state index in [1.165, 1.54) is 32.1 Å². The molecule has 1 aliphatic heterocycles. The summed E-state index contributed by atoms with van der Waals surface area (Å²) in [5.41, 5.74) is 0. The van der Waals surface area contributed by atoms with Gasteiger partial charge in [0.05, 0.1) is 26.4 Å². The van der Waals surface area contributed by atoms with Crippen molar-refractivity contribution in [2.75, 3.05) is 26.4 Å². The molecule has 1 rings (SSSR count). The maximum Gasteiger partial charge on any atom is 0.0701 e. The van der Waals surface area contributed by atoms with E-state index in [1.54, 1.807) is 0 Å². The third kappa shape index (κ3) is 190. The summed E-state index contributed by atoms with van der Waals surface area (Å²) in [5.74, 6) is 0. The van der Waals surface area contributed by atoms with Crippen molar-refractivity contribution in [2.45, 2.75) is 0 Å². The van der Waals surface area contributed by atoms with E-state index >= 15 is 0 Å². The van der Waals surface area contributed by atoms with Gasteiger partial charge in [0.2, 0.25) is 0 Å². The summed E-state index contributed by atoms with van der Waals surface area (Å²) < 4.78 is 9.89. The Hall–Kier alpha value is 2.36. The van der Waals surface area contributed by atoms with Crippen molar-refractivity contribution in [3.63, 3.8) is 0 Å². The molecular formula is C19H33ErLi2O2. The standard InChI is InChI=1S/C4H8O2.5C3H5.Er.2Li/c1-2-6-4-3-5-1;5*1-3-2;;;/h1-4H2;5*3H,1-2H2;;;. The van der Waals surface area contributed by atoms with Crippen LogP contribution >= 0.6 is 0 Å². The minimum Gasteiger partial charge on any atom is -0.377 e. The summed E-state index contributed by atoms with van der Waals surface area (Å²) >= 11 is 0. The first-order chi connectivity index (χ1) is 10.1. The second-order valence-electron chi connectivity index (χ2n) is 2.67. The van der Waals surface area contributed by atoms with Gasteiger partial charge in [0.1, 0.15) is 0 Å². The Labute approximate surface area is 210 Å². The van der Waals surface area contributed by atoms with E-state index in [1.807, 2.05) is 0 Å². The van der Waals surface area contributed by atoms with E-state index in [-0.39, 0.29) is 75.0 Å². The molecule has 0 N–H and O–H groups in total. The van der Waals surface area contributed by atoms with E-state index in [9.17, 15) is 0 Å². The van der Waals surface area contributed by atoms with Crippen molar-refractivity contribution in [1.29, 1.82) is 0 Å². The molecule has 1 fully saturated rings. The van der Waals surface area contributed by atoms with Crippen LogP contribution in [-0.4, -0.2) is 64.1 Å². The van der Waals surface area contributed by atoms with Crippen molar-refractivity contribution in [3.8, 4) is 0 Å². The third-order valence-corrected chi connectivity index (χ3v) is 0.744. The molecule has 135 valence electrons. The Bertz CT molecular complexity index is 74.3. The maximum absolute atomic E-state index is 4.94. The van der Waals surface area contributed by atoms with Crippen LogP contribution in [0.15, 0.2) is 0 Å². The molecule has 0 atom stereocenters. The molecule has 1 saturated heterocycles. The summed E-state index contributed by atoms with van der Waals surface area (Å²) in [6.45, 7) is 35.6. The van der Waals surface area contributed by atoms with Crippen LogP contribution in [0.5, 0.6) is 0 Å². The molecule has 0 amide bonds. The van der Waals surface area contributed by atoms with E-state index < -0.39 is 0 Å². The summed E-state index contributed by atoms with van der Waals surface area (Å²) in [4.78, 5) is 0. The van der Waals surface area contributed by atoms with Crippen molar-refractivity contribution in [2.24, 2.45) is 0 Å². The summed E-state index contributed by atoms with van der Waals surface area (Å²) in [5, 5.41) is 0. The average Bonchev–Trinajstić information content (AvgIpc) is 2.45. The molecule has 0 bridgehead atoms. The SMILES string of the molecule is C1COCCO1.[CH2][CH][CH2].[CH2][CH][CH2].[CH2][CH][CH2].[CH2][CH][CH2].[CH2][CH][CH2].[Er].[Li].[Li]. The van der Waals surface area contributed by atoms with Crippen LogP contribution in [0.3, 0.4) is 0 Å². The molecule has 0 saturated carbocycles. The Morgan fingerprint density at radius 1 is 0.417 bits per heavy atom. The molecule has 2 nitrogen and oxygen atoms in total. The van der Waals surface area contributed by atoms with Crippen LogP contribution in [0.4, 0.5) is 0 Å². The second kappa shape index (κ2) is 84.3. The quantitative estimate of drug-likeness (QED) is 0.500. The fourth-order valence-electron chi connectivity index (χ4n) is 0.440. The first-order valence-corrected chi connectivity index (χ1v) is 6.24. The van der Waals surface area contributed by atoms with E-state index in [0.29, 0.717) is 0 Å². The van der Waals surface area contributed by atoms with Gasteiger partial charge >= 0.3 is 0 Å². The normalized spacial score (nSPS) is 9.75. The minimum atomic E-state index is 0. The van der Waals surface area contributed by atoms with Crippen LogP contribution in [-0.2, 0) is 9.47 Å². The first-order valence-electron chi connectivity index (χ1n) is 6.24. The summed E-state index contributed by atoms with van der Waals surface area (Å²) in [7, 11) is 0. The molecule has 0 unspecified atom stereocenters. The molecule has 0 aromatic heterocycles. The van der Waals surface area contributed by atoms with Gasteiger partial charge in [0, 0.05) is 75.0 Å². The molecule has 0 aromatic carbocycles. The van der Waals surface area contributed by atoms with Gasteiger partial charge < -0.3 is 9.47 Å². The van der Waals surface area contributed by atoms with Crippen LogP contribution < -0.4 is 0 Å². The molecule has 24 heavy (non-hydrogen) atoms. The summed E-state index contributed by atoms with van der Waals surface area (Å²) in [6.07, 6.45) is 7.50. The van der Waals surface area contributed by atoms with Gasteiger partial charge in [-0.25, -0.2) is 0 Å². The van der Waals surface area contributed by atoms with Crippen LogP contribution in [0, 0.1) is 139 Å². The van der Waals surface area contributed by atoms with Crippen molar-refractivity contribution in [3.05, 3.63) is 101 Å². The average molecular weight is 475 g/mol. The molecule has 17 radical (unpaired) electrons. The number of hydrogen-bond acceptors (Lipinski definition) is 2. The van der Waals surface area contributed by atoms with Crippen molar-refractivity contribution < 1.29 is 46.8 Å². The Morgan fingerprint density at radius 3 is 0.542 bits per heavy atom. The van der Waals surface area contributed by atoms with Crippen molar-refractivity contribution >= 4 is 37.7 Å². The Morgan fingerprint density at radius 2 is 0.500 bits per heavy atom. The number of rotatable bonds is 0. The molecule has 0 aromatic rings. The Kier molecular flexibility index (Phi) is 177. The zero-order chi connectivity index (χ0) is 17.8. The topological polar surface area (TPSA) is 18.5 Å². The van der Waals surface area contributed by atoms with Crippen LogP contribution in [0.1, 0.15) is 0 Å². The van der Waals surface area contributed by atoms with E-state index in [4.69, 9.17) is 9.47 Å². The number of hydrogen-bond donors (Lipinski definition) is 0. The monoisotopic (exact) mass is 473 g/mol. The molecule has 0 aliphatic carbocycles. The smallest absolute Gasteiger partial charge is 0.0701 e. The minimum absolute atomic E-state index is 0. The first kappa shape index (κ1) is 50.3. The van der Waals surface area contributed by atoms with Gasteiger partial charge in [-0.3, -0.25) is 0 Å². The molecule has 1 heterocycles. The number of ether oxygens (including phenoxy) is 2. The zero-order valence-corrected chi connectivity index (χ0v) is 17.7. The van der Waals surface area contributed by atoms with Gasteiger partial charge in [0.25, 0.3) is 0 Å². The van der Waals surface area contributed by atoms with Crippen molar-refractivity contribution in [1.82, 2.24) is 0 Å². The van der Waals surface area contributed by atoms with E-state index in [2.05, 4.69) is 69.2 Å². The van der Waals surface area contributed by atoms with E-state index in [0.717, 1.165) is 26.4 Å². The molecule has 5 heteroatoms. The Balaban J connectivity index is -0.0000000216. The van der Waals surface area contributed by atoms with Gasteiger partial charge in [-0.2, -0.15) is 0 Å². The largest absolute Gasteiger partial charge is 0.377 e. The molecule has 0 spiro atoms. The van der Waals surface area contributed by atoms with Crippen LogP contribution in [0.25, 0.3) is 0 Å². The molecule has 1 aliphatic rings. The third-order valence-electron chi connectivity index (χ3n) is 0.744.